The molecule has 1 aliphatic heterocycles. The van der Waals surface area contributed by atoms with Crippen LogP contribution in [0.2, 0.25) is 0 Å². The van der Waals surface area contributed by atoms with E-state index in [0.29, 0.717) is 24.4 Å². The van der Waals surface area contributed by atoms with Gasteiger partial charge in [0.15, 0.2) is 5.82 Å². The predicted octanol–water partition coefficient (Wildman–Crippen LogP) is 2.28. The number of methoxy groups -OCH3 is 1. The first-order chi connectivity index (χ1) is 10.2. The molecule has 0 spiro atoms. The minimum Gasteiger partial charge on any atom is -0.381 e. The smallest absolute Gasteiger partial charge is 0.158 e. The van der Waals surface area contributed by atoms with E-state index in [1.807, 2.05) is 6.07 Å². The average molecular weight is 294 g/mol. The third kappa shape index (κ3) is 4.82. The Morgan fingerprint density at radius 1 is 1.33 bits per heavy atom. The summed E-state index contributed by atoms with van der Waals surface area (Å²) in [5.41, 5.74) is 0. The zero-order chi connectivity index (χ0) is 15.1. The topological polar surface area (TPSA) is 68.3 Å². The van der Waals surface area contributed by atoms with Crippen LogP contribution in [0.1, 0.15) is 32.5 Å². The minimum atomic E-state index is 0.369. The highest BCUT2D eigenvalue weighted by Gasteiger charge is 2.21. The number of nitrogens with zero attached hydrogens (tertiary/aromatic N) is 2. The second-order valence-corrected chi connectivity index (χ2v) is 5.40. The summed E-state index contributed by atoms with van der Waals surface area (Å²) in [6, 6.07) is 2.33. The van der Waals surface area contributed by atoms with E-state index in [1.165, 1.54) is 0 Å². The van der Waals surface area contributed by atoms with Crippen LogP contribution in [0.15, 0.2) is 6.07 Å². The Bertz CT molecular complexity index is 411. The molecule has 21 heavy (non-hydrogen) atoms. The molecule has 2 rings (SSSR count). The highest BCUT2D eigenvalue weighted by Crippen LogP contribution is 2.22. The Morgan fingerprint density at radius 2 is 2.05 bits per heavy atom. The number of ether oxygens (including phenoxy) is 2. The van der Waals surface area contributed by atoms with Crippen molar-refractivity contribution in [3.8, 4) is 0 Å². The quantitative estimate of drug-likeness (QED) is 0.804. The number of hydrogen-bond acceptors (Lipinski definition) is 6. The van der Waals surface area contributed by atoms with Gasteiger partial charge in [-0.15, -0.1) is 0 Å². The first-order valence-electron chi connectivity index (χ1n) is 7.68. The van der Waals surface area contributed by atoms with Crippen molar-refractivity contribution < 1.29 is 9.47 Å². The van der Waals surface area contributed by atoms with Crippen LogP contribution >= 0.6 is 0 Å². The van der Waals surface area contributed by atoms with Gasteiger partial charge in [-0.25, -0.2) is 9.97 Å². The van der Waals surface area contributed by atoms with E-state index in [1.54, 1.807) is 7.11 Å². The lowest BCUT2D eigenvalue weighted by Crippen LogP contribution is -2.31. The highest BCUT2D eigenvalue weighted by atomic mass is 16.5. The van der Waals surface area contributed by atoms with Crippen LogP contribution in [-0.2, 0) is 16.1 Å². The van der Waals surface area contributed by atoms with Gasteiger partial charge >= 0.3 is 0 Å². The fourth-order valence-electron chi connectivity index (χ4n) is 2.60. The van der Waals surface area contributed by atoms with Crippen LogP contribution in [0.5, 0.6) is 0 Å². The van der Waals surface area contributed by atoms with Gasteiger partial charge in [-0.05, 0) is 32.6 Å². The van der Waals surface area contributed by atoms with Gasteiger partial charge in [0.1, 0.15) is 18.2 Å². The van der Waals surface area contributed by atoms with Crippen molar-refractivity contribution in [1.82, 2.24) is 9.97 Å². The van der Waals surface area contributed by atoms with Crippen molar-refractivity contribution in [1.29, 1.82) is 0 Å². The molecule has 1 saturated heterocycles. The summed E-state index contributed by atoms with van der Waals surface area (Å²) in [4.78, 5) is 8.95. The fourth-order valence-corrected chi connectivity index (χ4v) is 2.60. The monoisotopic (exact) mass is 294 g/mol. The van der Waals surface area contributed by atoms with Gasteiger partial charge in [-0.1, -0.05) is 0 Å². The molecular formula is C15H26N4O2. The molecule has 0 aromatic carbocycles. The van der Waals surface area contributed by atoms with Gasteiger partial charge in [-0.2, -0.15) is 0 Å². The van der Waals surface area contributed by atoms with Crippen molar-refractivity contribution in [2.24, 2.45) is 5.92 Å². The fraction of sp³-hybridized carbons (Fsp3) is 0.733. The Kier molecular flexibility index (Phi) is 6.20. The lowest BCUT2D eigenvalue weighted by Gasteiger charge is -2.28. The first kappa shape index (κ1) is 16.0. The van der Waals surface area contributed by atoms with Crippen LogP contribution in [0.3, 0.4) is 0 Å². The maximum Gasteiger partial charge on any atom is 0.158 e. The Morgan fingerprint density at radius 3 is 2.71 bits per heavy atom. The normalized spacial score (nSPS) is 17.5. The second kappa shape index (κ2) is 8.14. The van der Waals surface area contributed by atoms with E-state index < -0.39 is 0 Å². The van der Waals surface area contributed by atoms with Crippen LogP contribution < -0.4 is 10.6 Å². The van der Waals surface area contributed by atoms with Gasteiger partial charge < -0.3 is 20.1 Å². The van der Waals surface area contributed by atoms with E-state index in [2.05, 4.69) is 34.4 Å². The zero-order valence-electron chi connectivity index (χ0n) is 13.2. The Hall–Kier alpha value is -1.40. The molecular weight excluding hydrogens is 268 g/mol. The van der Waals surface area contributed by atoms with Crippen molar-refractivity contribution in [3.05, 3.63) is 11.9 Å². The number of anilines is 2. The van der Waals surface area contributed by atoms with Crippen molar-refractivity contribution >= 4 is 11.6 Å². The maximum absolute atomic E-state index is 5.42. The van der Waals surface area contributed by atoms with E-state index in [-0.39, 0.29) is 0 Å². The molecule has 6 heteroatoms. The Labute approximate surface area is 126 Å². The summed E-state index contributed by atoms with van der Waals surface area (Å²) in [7, 11) is 1.65. The largest absolute Gasteiger partial charge is 0.381 e. The highest BCUT2D eigenvalue weighted by molar-refractivity contribution is 5.48. The lowest BCUT2D eigenvalue weighted by atomic mass is 9.93. The summed E-state index contributed by atoms with van der Waals surface area (Å²) >= 11 is 0. The second-order valence-electron chi connectivity index (χ2n) is 5.40. The third-order valence-corrected chi connectivity index (χ3v) is 3.75. The van der Waals surface area contributed by atoms with Crippen LogP contribution in [0.25, 0.3) is 0 Å². The van der Waals surface area contributed by atoms with Crippen LogP contribution in [-0.4, -0.2) is 42.9 Å². The summed E-state index contributed by atoms with van der Waals surface area (Å²) in [6.07, 6.45) is 2.20. The lowest BCUT2D eigenvalue weighted by molar-refractivity contribution is 0.0622. The number of rotatable bonds is 7. The number of nitrogens with one attached hydrogen (secondary N) is 2. The molecule has 0 bridgehead atoms. The average Bonchev–Trinajstić information content (AvgIpc) is 2.48. The Balaban J connectivity index is 2.05. The van der Waals surface area contributed by atoms with Gasteiger partial charge in [0.05, 0.1) is 0 Å². The molecule has 1 aromatic heterocycles. The molecule has 2 N–H and O–H groups in total. The van der Waals surface area contributed by atoms with Gasteiger partial charge in [0, 0.05) is 39.0 Å². The van der Waals surface area contributed by atoms with E-state index >= 15 is 0 Å². The van der Waals surface area contributed by atoms with Gasteiger partial charge in [0.25, 0.3) is 0 Å². The molecule has 0 aliphatic carbocycles. The van der Waals surface area contributed by atoms with Crippen molar-refractivity contribution in [2.45, 2.75) is 39.3 Å². The van der Waals surface area contributed by atoms with Gasteiger partial charge in [-0.3, -0.25) is 0 Å². The molecule has 6 nitrogen and oxygen atoms in total. The number of hydrogen-bond donors (Lipinski definition) is 2. The zero-order valence-corrected chi connectivity index (χ0v) is 13.2. The van der Waals surface area contributed by atoms with Gasteiger partial charge in [0.2, 0.25) is 0 Å². The molecule has 1 fully saturated rings. The minimum absolute atomic E-state index is 0.369. The maximum atomic E-state index is 5.42. The standard InChI is InChI=1S/C15H26N4O2/c1-4-16-13-9-14(19-15(18-13)10-20-3)17-11(2)12-5-7-21-8-6-12/h9,11-12H,4-8,10H2,1-3H3,(H2,16,17,18,19). The summed E-state index contributed by atoms with van der Waals surface area (Å²) in [5.74, 6) is 3.01. The molecule has 1 unspecified atom stereocenters. The van der Waals surface area contributed by atoms with E-state index in [4.69, 9.17) is 9.47 Å². The molecule has 2 heterocycles. The molecule has 0 saturated carbocycles. The molecule has 118 valence electrons. The molecule has 0 radical (unpaired) electrons. The first-order valence-corrected chi connectivity index (χ1v) is 7.68. The summed E-state index contributed by atoms with van der Waals surface area (Å²) < 4.78 is 10.6. The van der Waals surface area contributed by atoms with E-state index in [0.717, 1.165) is 44.2 Å². The number of aromatic nitrogens is 2. The summed E-state index contributed by atoms with van der Waals surface area (Å²) in [6.45, 7) is 7.23. The molecule has 0 amide bonds. The van der Waals surface area contributed by atoms with Crippen LogP contribution in [0.4, 0.5) is 11.6 Å². The molecule has 1 aromatic rings. The van der Waals surface area contributed by atoms with Crippen molar-refractivity contribution in [2.75, 3.05) is 37.5 Å². The van der Waals surface area contributed by atoms with E-state index in [9.17, 15) is 0 Å². The predicted molar refractivity (Wildman–Crippen MR) is 83.5 cm³/mol. The molecule has 1 atom stereocenters. The SMILES string of the molecule is CCNc1cc(NC(C)C2CCOCC2)nc(COC)n1. The molecule has 1 aliphatic rings. The van der Waals surface area contributed by atoms with Crippen molar-refractivity contribution in [3.63, 3.8) is 0 Å². The summed E-state index contributed by atoms with van der Waals surface area (Å²) in [5, 5.41) is 6.74. The van der Waals surface area contributed by atoms with Crippen LogP contribution in [0, 0.1) is 5.92 Å². The third-order valence-electron chi connectivity index (χ3n) is 3.75.